The molecule has 2 rings (SSSR count). The van der Waals surface area contributed by atoms with Gasteiger partial charge in [-0.15, -0.1) is 0 Å². The fraction of sp³-hybridized carbons (Fsp3) is 0.278. The molecule has 3 N–H and O–H groups in total. The van der Waals surface area contributed by atoms with Gasteiger partial charge < -0.3 is 16.0 Å². The van der Waals surface area contributed by atoms with Crippen LogP contribution in [0.4, 0.5) is 11.5 Å². The van der Waals surface area contributed by atoms with Crippen LogP contribution in [0.1, 0.15) is 25.3 Å². The number of nitrogens with one attached hydrogen (secondary N) is 3. The van der Waals surface area contributed by atoms with Gasteiger partial charge in [0.25, 0.3) is 0 Å². The molecule has 2 aromatic rings. The second-order valence-corrected chi connectivity index (χ2v) is 5.63. The molecule has 0 aliphatic carbocycles. The Labute approximate surface area is 141 Å². The van der Waals surface area contributed by atoms with Crippen molar-refractivity contribution in [2.75, 3.05) is 23.7 Å². The fourth-order valence-corrected chi connectivity index (χ4v) is 2.08. The summed E-state index contributed by atoms with van der Waals surface area (Å²) < 4.78 is 0. The van der Waals surface area contributed by atoms with Crippen LogP contribution in [0.2, 0.25) is 0 Å². The first-order chi connectivity index (χ1) is 11.6. The molecule has 0 bridgehead atoms. The molecule has 126 valence electrons. The van der Waals surface area contributed by atoms with Gasteiger partial charge in [-0.05, 0) is 35.7 Å². The number of aromatic nitrogens is 1. The van der Waals surface area contributed by atoms with Crippen LogP contribution >= 0.6 is 0 Å². The first-order valence-electron chi connectivity index (χ1n) is 7.90. The summed E-state index contributed by atoms with van der Waals surface area (Å²) in [5.74, 6) is -0.253. The normalized spacial score (nSPS) is 10.3. The third-order valence-corrected chi connectivity index (χ3v) is 3.40. The van der Waals surface area contributed by atoms with E-state index in [-0.39, 0.29) is 0 Å². The molecule has 1 aromatic heterocycles. The second-order valence-electron chi connectivity index (χ2n) is 5.63. The molecule has 2 amide bonds. The van der Waals surface area contributed by atoms with Crippen molar-refractivity contribution in [3.63, 3.8) is 0 Å². The molecule has 0 saturated carbocycles. The van der Waals surface area contributed by atoms with E-state index in [4.69, 9.17) is 0 Å². The number of hydrogen-bond donors (Lipinski definition) is 3. The highest BCUT2D eigenvalue weighted by Gasteiger charge is 2.13. The summed E-state index contributed by atoms with van der Waals surface area (Å²) in [5, 5.41) is 8.23. The molecule has 0 radical (unpaired) electrons. The van der Waals surface area contributed by atoms with E-state index >= 15 is 0 Å². The first kappa shape index (κ1) is 17.5. The van der Waals surface area contributed by atoms with E-state index in [9.17, 15) is 9.59 Å². The van der Waals surface area contributed by atoms with Crippen LogP contribution in [0.15, 0.2) is 48.7 Å². The zero-order valence-electron chi connectivity index (χ0n) is 13.9. The number of benzene rings is 1. The molecule has 0 atom stereocenters. The quantitative estimate of drug-likeness (QED) is 0.562. The molecule has 1 aromatic carbocycles. The summed E-state index contributed by atoms with van der Waals surface area (Å²) >= 11 is 0. The molecule has 0 fully saturated rings. The van der Waals surface area contributed by atoms with Crippen LogP contribution in [-0.4, -0.2) is 29.9 Å². The first-order valence-corrected chi connectivity index (χ1v) is 7.90. The number of carbonyl (C=O) groups is 2. The van der Waals surface area contributed by atoms with E-state index in [2.05, 4.69) is 34.8 Å². The van der Waals surface area contributed by atoms with E-state index in [1.54, 1.807) is 12.3 Å². The maximum Gasteiger partial charge on any atom is 0.313 e. The number of pyridine rings is 1. The molecule has 6 heteroatoms. The lowest BCUT2D eigenvalue weighted by Gasteiger charge is -2.10. The Morgan fingerprint density at radius 2 is 1.88 bits per heavy atom. The van der Waals surface area contributed by atoms with Crippen molar-refractivity contribution >= 4 is 23.3 Å². The topological polar surface area (TPSA) is 83.1 Å². The lowest BCUT2D eigenvalue weighted by molar-refractivity contribution is -0.136. The lowest BCUT2D eigenvalue weighted by atomic mass is 10.0. The molecule has 0 aliphatic rings. The van der Waals surface area contributed by atoms with Crippen molar-refractivity contribution in [3.05, 3.63) is 54.2 Å². The molecule has 0 unspecified atom stereocenters. The van der Waals surface area contributed by atoms with Gasteiger partial charge in [0.1, 0.15) is 5.82 Å². The van der Waals surface area contributed by atoms with Crippen molar-refractivity contribution < 1.29 is 9.59 Å². The predicted octanol–water partition coefficient (Wildman–Crippen LogP) is 2.37. The highest BCUT2D eigenvalue weighted by Crippen LogP contribution is 2.18. The van der Waals surface area contributed by atoms with Gasteiger partial charge in [-0.25, -0.2) is 4.98 Å². The second kappa shape index (κ2) is 8.67. The third-order valence-electron chi connectivity index (χ3n) is 3.40. The summed E-state index contributed by atoms with van der Waals surface area (Å²) in [5.41, 5.74) is 1.72. The summed E-state index contributed by atoms with van der Waals surface area (Å²) in [4.78, 5) is 27.8. The van der Waals surface area contributed by atoms with Crippen LogP contribution in [-0.2, 0) is 9.59 Å². The zero-order chi connectivity index (χ0) is 17.4. The molecule has 0 spiro atoms. The van der Waals surface area contributed by atoms with E-state index in [0.29, 0.717) is 24.7 Å². The maximum atomic E-state index is 11.9. The third kappa shape index (κ3) is 5.39. The number of carbonyl (C=O) groups excluding carboxylic acids is 2. The van der Waals surface area contributed by atoms with E-state index in [1.807, 2.05) is 36.4 Å². The van der Waals surface area contributed by atoms with Crippen LogP contribution in [0, 0.1) is 0 Å². The van der Waals surface area contributed by atoms with Crippen molar-refractivity contribution in [3.8, 4) is 0 Å². The standard InChI is InChI=1S/C18H22N4O2/c1-13(2)14-6-5-7-15(12-14)22-18(24)17(23)21-11-10-20-16-8-3-4-9-19-16/h3-9,12-13H,10-11H2,1-2H3,(H,19,20)(H,21,23)(H,22,24). The smallest absolute Gasteiger partial charge is 0.313 e. The molecule has 6 nitrogen and oxygen atoms in total. The van der Waals surface area contributed by atoms with Crippen molar-refractivity contribution in [2.24, 2.45) is 0 Å². The average Bonchev–Trinajstić information content (AvgIpc) is 2.59. The number of hydrogen-bond acceptors (Lipinski definition) is 4. The van der Waals surface area contributed by atoms with Gasteiger partial charge in [-0.1, -0.05) is 32.0 Å². The Kier molecular flexibility index (Phi) is 6.31. The van der Waals surface area contributed by atoms with Gasteiger partial charge in [0.05, 0.1) is 0 Å². The van der Waals surface area contributed by atoms with E-state index in [1.165, 1.54) is 0 Å². The highest BCUT2D eigenvalue weighted by atomic mass is 16.2. The zero-order valence-corrected chi connectivity index (χ0v) is 13.9. The Bertz CT molecular complexity index is 686. The minimum absolute atomic E-state index is 0.328. The van der Waals surface area contributed by atoms with Crippen molar-refractivity contribution in [2.45, 2.75) is 19.8 Å². The average molecular weight is 326 g/mol. The predicted molar refractivity (Wildman–Crippen MR) is 94.9 cm³/mol. The van der Waals surface area contributed by atoms with Gasteiger partial charge >= 0.3 is 11.8 Å². The molecule has 0 saturated heterocycles. The Hall–Kier alpha value is -2.89. The molecular formula is C18H22N4O2. The van der Waals surface area contributed by atoms with Crippen LogP contribution in [0.3, 0.4) is 0 Å². The largest absolute Gasteiger partial charge is 0.368 e. The lowest BCUT2D eigenvalue weighted by Crippen LogP contribution is -2.37. The van der Waals surface area contributed by atoms with Gasteiger partial charge in [0, 0.05) is 25.0 Å². The van der Waals surface area contributed by atoms with Gasteiger partial charge in [0.15, 0.2) is 0 Å². The van der Waals surface area contributed by atoms with Crippen molar-refractivity contribution in [1.29, 1.82) is 0 Å². The Morgan fingerprint density at radius 1 is 1.04 bits per heavy atom. The number of amides is 2. The van der Waals surface area contributed by atoms with Gasteiger partial charge in [-0.2, -0.15) is 0 Å². The minimum atomic E-state index is -0.672. The molecule has 0 aliphatic heterocycles. The summed E-state index contributed by atoms with van der Waals surface area (Å²) in [6.45, 7) is 4.96. The van der Waals surface area contributed by atoms with Gasteiger partial charge in [0.2, 0.25) is 0 Å². The molecular weight excluding hydrogens is 304 g/mol. The number of nitrogens with zero attached hydrogens (tertiary/aromatic N) is 1. The summed E-state index contributed by atoms with van der Waals surface area (Å²) in [6, 6.07) is 13.0. The Balaban J connectivity index is 1.76. The minimum Gasteiger partial charge on any atom is -0.368 e. The maximum absolute atomic E-state index is 11.9. The SMILES string of the molecule is CC(C)c1cccc(NC(=O)C(=O)NCCNc2ccccn2)c1. The van der Waals surface area contributed by atoms with E-state index < -0.39 is 11.8 Å². The van der Waals surface area contributed by atoms with Gasteiger partial charge in [-0.3, -0.25) is 9.59 Å². The monoisotopic (exact) mass is 326 g/mol. The Morgan fingerprint density at radius 3 is 2.58 bits per heavy atom. The van der Waals surface area contributed by atoms with Crippen LogP contribution in [0.25, 0.3) is 0 Å². The fourth-order valence-electron chi connectivity index (χ4n) is 2.08. The van der Waals surface area contributed by atoms with Crippen LogP contribution in [0.5, 0.6) is 0 Å². The van der Waals surface area contributed by atoms with E-state index in [0.717, 1.165) is 11.4 Å². The number of rotatable bonds is 6. The highest BCUT2D eigenvalue weighted by molar-refractivity contribution is 6.39. The summed E-state index contributed by atoms with van der Waals surface area (Å²) in [6.07, 6.45) is 1.68. The van der Waals surface area contributed by atoms with Crippen molar-refractivity contribution in [1.82, 2.24) is 10.3 Å². The molecule has 1 heterocycles. The number of anilines is 2. The van der Waals surface area contributed by atoms with Crippen LogP contribution < -0.4 is 16.0 Å². The molecule has 24 heavy (non-hydrogen) atoms. The summed E-state index contributed by atoms with van der Waals surface area (Å²) in [7, 11) is 0.